The molecule has 13 heavy (non-hydrogen) atoms. The fourth-order valence-corrected chi connectivity index (χ4v) is 1.22. The van der Waals surface area contributed by atoms with Crippen molar-refractivity contribution in [2.24, 2.45) is 5.73 Å². The molecule has 0 saturated heterocycles. The van der Waals surface area contributed by atoms with Gasteiger partial charge in [0, 0.05) is 11.6 Å². The molecule has 0 aliphatic carbocycles. The molecule has 3 nitrogen and oxygen atoms in total. The summed E-state index contributed by atoms with van der Waals surface area (Å²) in [6.07, 6.45) is 0. The van der Waals surface area contributed by atoms with Crippen LogP contribution < -0.4 is 10.5 Å². The zero-order chi connectivity index (χ0) is 10.0. The minimum atomic E-state index is -0.138. The Balaban J connectivity index is 3.25. The van der Waals surface area contributed by atoms with Crippen molar-refractivity contribution < 1.29 is 9.84 Å². The Labute approximate surface area is 78.1 Å². The van der Waals surface area contributed by atoms with Crippen LogP contribution in [0, 0.1) is 6.92 Å². The zero-order valence-electron chi connectivity index (χ0n) is 8.16. The molecule has 1 rings (SSSR count). The second-order valence-corrected chi connectivity index (χ2v) is 3.17. The highest BCUT2D eigenvalue weighted by Gasteiger charge is 2.10. The molecule has 72 valence electrons. The van der Waals surface area contributed by atoms with E-state index in [0.717, 1.165) is 16.9 Å². The lowest BCUT2D eigenvalue weighted by Crippen LogP contribution is -2.07. The maximum Gasteiger partial charge on any atom is 0.124 e. The van der Waals surface area contributed by atoms with Crippen molar-refractivity contribution in [3.63, 3.8) is 0 Å². The molecule has 0 amide bonds. The van der Waals surface area contributed by atoms with Crippen molar-refractivity contribution in [1.29, 1.82) is 0 Å². The lowest BCUT2D eigenvalue weighted by Gasteiger charge is -2.13. The summed E-state index contributed by atoms with van der Waals surface area (Å²) >= 11 is 0. The Hall–Kier alpha value is -1.22. The van der Waals surface area contributed by atoms with Crippen molar-refractivity contribution in [1.82, 2.24) is 0 Å². The lowest BCUT2D eigenvalue weighted by molar-refractivity contribution is 0.403. The molecule has 0 aromatic heterocycles. The third-order valence-electron chi connectivity index (χ3n) is 2.04. The fraction of sp³-hybridized carbons (Fsp3) is 0.400. The Kier molecular flexibility index (Phi) is 2.78. The number of rotatable bonds is 2. The topological polar surface area (TPSA) is 55.5 Å². The summed E-state index contributed by atoms with van der Waals surface area (Å²) in [4.78, 5) is 0. The molecule has 0 aliphatic heterocycles. The molecule has 3 N–H and O–H groups in total. The van der Waals surface area contributed by atoms with Crippen LogP contribution in [0.2, 0.25) is 0 Å². The molecule has 0 aliphatic rings. The highest BCUT2D eigenvalue weighted by Crippen LogP contribution is 2.30. The number of hydrogen-bond acceptors (Lipinski definition) is 3. The minimum Gasteiger partial charge on any atom is -0.508 e. The van der Waals surface area contributed by atoms with Crippen LogP contribution in [0.5, 0.6) is 11.5 Å². The van der Waals surface area contributed by atoms with Crippen molar-refractivity contribution in [3.8, 4) is 11.5 Å². The number of phenolic OH excluding ortho intramolecular Hbond substituents is 1. The molecule has 1 aromatic carbocycles. The van der Waals surface area contributed by atoms with Crippen molar-refractivity contribution >= 4 is 0 Å². The summed E-state index contributed by atoms with van der Waals surface area (Å²) in [5.74, 6) is 0.985. The quantitative estimate of drug-likeness (QED) is 0.730. The highest BCUT2D eigenvalue weighted by atomic mass is 16.5. The van der Waals surface area contributed by atoms with Crippen LogP contribution in [0.4, 0.5) is 0 Å². The SMILES string of the molecule is COc1cc(C)c(O)cc1C(C)N. The van der Waals surface area contributed by atoms with Crippen LogP contribution in [0.25, 0.3) is 0 Å². The van der Waals surface area contributed by atoms with E-state index in [1.54, 1.807) is 19.2 Å². The predicted molar refractivity (Wildman–Crippen MR) is 52.0 cm³/mol. The maximum atomic E-state index is 9.46. The first-order valence-electron chi connectivity index (χ1n) is 4.19. The van der Waals surface area contributed by atoms with Crippen molar-refractivity contribution in [2.45, 2.75) is 19.9 Å². The number of nitrogens with two attached hydrogens (primary N) is 1. The molecule has 0 saturated carbocycles. The molecular formula is C10H15NO2. The Bertz CT molecular complexity index is 308. The van der Waals surface area contributed by atoms with Gasteiger partial charge in [0.05, 0.1) is 7.11 Å². The minimum absolute atomic E-state index is 0.138. The second kappa shape index (κ2) is 3.66. The summed E-state index contributed by atoms with van der Waals surface area (Å²) in [5.41, 5.74) is 7.34. The van der Waals surface area contributed by atoms with Gasteiger partial charge in [-0.1, -0.05) is 0 Å². The standard InChI is InChI=1S/C10H15NO2/c1-6-4-10(13-3)8(7(2)11)5-9(6)12/h4-5,7,12H,11H2,1-3H3. The van der Waals surface area contributed by atoms with Crippen LogP contribution in [-0.4, -0.2) is 12.2 Å². The summed E-state index contributed by atoms with van der Waals surface area (Å²) in [6, 6.07) is 3.30. The molecule has 1 atom stereocenters. The zero-order valence-corrected chi connectivity index (χ0v) is 8.16. The van der Waals surface area contributed by atoms with Gasteiger partial charge >= 0.3 is 0 Å². The second-order valence-electron chi connectivity index (χ2n) is 3.17. The summed E-state index contributed by atoms with van der Waals surface area (Å²) in [7, 11) is 1.59. The van der Waals surface area contributed by atoms with Crippen molar-refractivity contribution in [3.05, 3.63) is 23.3 Å². The fourth-order valence-electron chi connectivity index (χ4n) is 1.22. The molecule has 0 spiro atoms. The van der Waals surface area contributed by atoms with Gasteiger partial charge in [-0.05, 0) is 31.5 Å². The molecule has 0 heterocycles. The lowest BCUT2D eigenvalue weighted by atomic mass is 10.0. The molecule has 1 unspecified atom stereocenters. The average molecular weight is 181 g/mol. The van der Waals surface area contributed by atoms with Crippen LogP contribution in [0.3, 0.4) is 0 Å². The molecule has 0 bridgehead atoms. The van der Waals surface area contributed by atoms with Gasteiger partial charge in [0.25, 0.3) is 0 Å². The van der Waals surface area contributed by atoms with Gasteiger partial charge in [0.15, 0.2) is 0 Å². The first-order chi connectivity index (χ1) is 6.06. The van der Waals surface area contributed by atoms with E-state index in [4.69, 9.17) is 10.5 Å². The third kappa shape index (κ3) is 1.92. The largest absolute Gasteiger partial charge is 0.508 e. The van der Waals surface area contributed by atoms with E-state index in [9.17, 15) is 5.11 Å². The number of aryl methyl sites for hydroxylation is 1. The van der Waals surface area contributed by atoms with Crippen LogP contribution in [0.1, 0.15) is 24.1 Å². The van der Waals surface area contributed by atoms with Gasteiger partial charge in [-0.3, -0.25) is 0 Å². The van der Waals surface area contributed by atoms with E-state index < -0.39 is 0 Å². The van der Waals surface area contributed by atoms with Crippen molar-refractivity contribution in [2.75, 3.05) is 7.11 Å². The summed E-state index contributed by atoms with van der Waals surface area (Å²) in [6.45, 7) is 3.68. The summed E-state index contributed by atoms with van der Waals surface area (Å²) < 4.78 is 5.15. The number of ether oxygens (including phenoxy) is 1. The van der Waals surface area contributed by atoms with E-state index in [1.165, 1.54) is 0 Å². The highest BCUT2D eigenvalue weighted by molar-refractivity contribution is 5.46. The molecule has 0 radical (unpaired) electrons. The van der Waals surface area contributed by atoms with E-state index in [2.05, 4.69) is 0 Å². The van der Waals surface area contributed by atoms with E-state index in [-0.39, 0.29) is 11.8 Å². The van der Waals surface area contributed by atoms with Gasteiger partial charge in [-0.25, -0.2) is 0 Å². The van der Waals surface area contributed by atoms with Gasteiger partial charge in [-0.15, -0.1) is 0 Å². The van der Waals surface area contributed by atoms with E-state index in [0.29, 0.717) is 0 Å². The normalized spacial score (nSPS) is 12.6. The Morgan fingerprint density at radius 3 is 2.54 bits per heavy atom. The predicted octanol–water partition coefficient (Wildman–Crippen LogP) is 1.73. The first kappa shape index (κ1) is 9.86. The Morgan fingerprint density at radius 1 is 1.46 bits per heavy atom. The maximum absolute atomic E-state index is 9.46. The van der Waals surface area contributed by atoms with Crippen LogP contribution in [-0.2, 0) is 0 Å². The van der Waals surface area contributed by atoms with Gasteiger partial charge in [0.2, 0.25) is 0 Å². The van der Waals surface area contributed by atoms with E-state index in [1.807, 2.05) is 13.8 Å². The summed E-state index contributed by atoms with van der Waals surface area (Å²) in [5, 5.41) is 9.46. The van der Waals surface area contributed by atoms with Gasteiger partial charge in [-0.2, -0.15) is 0 Å². The number of benzene rings is 1. The molecular weight excluding hydrogens is 166 g/mol. The number of aromatic hydroxyl groups is 1. The molecule has 0 fully saturated rings. The number of phenols is 1. The first-order valence-corrected chi connectivity index (χ1v) is 4.19. The number of methoxy groups -OCH3 is 1. The smallest absolute Gasteiger partial charge is 0.124 e. The van der Waals surface area contributed by atoms with Crippen LogP contribution >= 0.6 is 0 Å². The molecule has 3 heteroatoms. The van der Waals surface area contributed by atoms with E-state index >= 15 is 0 Å². The number of hydrogen-bond donors (Lipinski definition) is 2. The molecule has 1 aromatic rings. The van der Waals surface area contributed by atoms with Gasteiger partial charge < -0.3 is 15.6 Å². The monoisotopic (exact) mass is 181 g/mol. The third-order valence-corrected chi connectivity index (χ3v) is 2.04. The Morgan fingerprint density at radius 2 is 2.08 bits per heavy atom. The van der Waals surface area contributed by atoms with Gasteiger partial charge in [0.1, 0.15) is 11.5 Å². The van der Waals surface area contributed by atoms with Crippen LogP contribution in [0.15, 0.2) is 12.1 Å². The average Bonchev–Trinajstić information content (AvgIpc) is 2.08.